The van der Waals surface area contributed by atoms with Gasteiger partial charge in [0.1, 0.15) is 5.15 Å². The van der Waals surface area contributed by atoms with E-state index in [0.29, 0.717) is 5.15 Å². The average molecular weight is 211 g/mol. The van der Waals surface area contributed by atoms with E-state index in [1.165, 1.54) is 11.3 Å². The van der Waals surface area contributed by atoms with E-state index < -0.39 is 0 Å². The summed E-state index contributed by atoms with van der Waals surface area (Å²) in [7, 11) is 0. The van der Waals surface area contributed by atoms with Gasteiger partial charge in [-0.3, -0.25) is 0 Å². The molecule has 2 nitrogen and oxygen atoms in total. The summed E-state index contributed by atoms with van der Waals surface area (Å²) < 4.78 is 0. The van der Waals surface area contributed by atoms with Crippen LogP contribution >= 0.6 is 22.9 Å². The molecule has 0 atom stereocenters. The van der Waals surface area contributed by atoms with Crippen LogP contribution in [0.3, 0.4) is 0 Å². The van der Waals surface area contributed by atoms with Crippen molar-refractivity contribution in [2.45, 2.75) is 0 Å². The maximum absolute atomic E-state index is 5.76. The Balaban J connectivity index is 2.46. The number of anilines is 1. The molecule has 0 bridgehead atoms. The predicted octanol–water partition coefficient (Wildman–Crippen LogP) is 3.05. The number of hydrogen-bond donors (Lipinski definition) is 1. The number of thiophene rings is 1. The zero-order chi connectivity index (χ0) is 9.26. The highest BCUT2D eigenvalue weighted by Crippen LogP contribution is 2.27. The minimum absolute atomic E-state index is 0.502. The lowest BCUT2D eigenvalue weighted by atomic mass is 10.1. The van der Waals surface area contributed by atoms with Crippen molar-refractivity contribution >= 4 is 27.9 Å². The van der Waals surface area contributed by atoms with Gasteiger partial charge in [-0.15, -0.1) is 11.3 Å². The third-order valence-corrected chi connectivity index (χ3v) is 2.65. The Morgan fingerprint density at radius 1 is 1.31 bits per heavy atom. The van der Waals surface area contributed by atoms with Crippen LogP contribution in [-0.2, 0) is 0 Å². The lowest BCUT2D eigenvalue weighted by molar-refractivity contribution is 1.33. The third kappa shape index (κ3) is 1.82. The third-order valence-electron chi connectivity index (χ3n) is 1.68. The first kappa shape index (κ1) is 8.53. The van der Waals surface area contributed by atoms with Crippen molar-refractivity contribution in [1.29, 1.82) is 0 Å². The number of rotatable bonds is 1. The summed E-state index contributed by atoms with van der Waals surface area (Å²) >= 11 is 7.28. The van der Waals surface area contributed by atoms with Gasteiger partial charge in [-0.1, -0.05) is 11.6 Å². The van der Waals surface area contributed by atoms with E-state index in [-0.39, 0.29) is 0 Å². The molecule has 0 saturated carbocycles. The molecule has 13 heavy (non-hydrogen) atoms. The Morgan fingerprint density at radius 3 is 2.77 bits per heavy atom. The van der Waals surface area contributed by atoms with Crippen molar-refractivity contribution < 1.29 is 0 Å². The number of nitrogens with two attached hydrogens (primary N) is 1. The molecule has 0 unspecified atom stereocenters. The van der Waals surface area contributed by atoms with Crippen LogP contribution in [0.2, 0.25) is 5.15 Å². The zero-order valence-electron chi connectivity index (χ0n) is 6.70. The minimum Gasteiger partial charge on any atom is -0.391 e. The summed E-state index contributed by atoms with van der Waals surface area (Å²) in [5.74, 6) is 0. The van der Waals surface area contributed by atoms with E-state index >= 15 is 0 Å². The second-order valence-corrected chi connectivity index (χ2v) is 3.94. The number of hydrogen-bond acceptors (Lipinski definition) is 3. The molecule has 0 saturated heterocycles. The first-order valence-electron chi connectivity index (χ1n) is 3.71. The zero-order valence-corrected chi connectivity index (χ0v) is 8.27. The number of nitrogen functional groups attached to an aromatic ring is 1. The predicted molar refractivity (Wildman–Crippen MR) is 57.0 cm³/mol. The van der Waals surface area contributed by atoms with E-state index in [0.717, 1.165) is 16.1 Å². The monoisotopic (exact) mass is 210 g/mol. The van der Waals surface area contributed by atoms with Crippen LogP contribution in [0.4, 0.5) is 5.00 Å². The van der Waals surface area contributed by atoms with Gasteiger partial charge in [0.15, 0.2) is 0 Å². The van der Waals surface area contributed by atoms with Gasteiger partial charge >= 0.3 is 0 Å². The normalized spacial score (nSPS) is 10.2. The fraction of sp³-hybridized carbons (Fsp3) is 0. The van der Waals surface area contributed by atoms with E-state index in [2.05, 4.69) is 4.98 Å². The largest absolute Gasteiger partial charge is 0.391 e. The molecule has 2 N–H and O–H groups in total. The highest BCUT2D eigenvalue weighted by molar-refractivity contribution is 7.14. The standard InChI is InChI=1S/C9H7ClN2S/c10-8-3-6(1-2-12-8)7-4-9(11)13-5-7/h1-5H,11H2. The number of nitrogens with zero attached hydrogens (tertiary/aromatic N) is 1. The van der Waals surface area contributed by atoms with Gasteiger partial charge in [0.25, 0.3) is 0 Å². The summed E-state index contributed by atoms with van der Waals surface area (Å²) in [5, 5.41) is 3.31. The van der Waals surface area contributed by atoms with Crippen molar-refractivity contribution in [2.75, 3.05) is 5.73 Å². The second-order valence-electron chi connectivity index (χ2n) is 2.60. The minimum atomic E-state index is 0.502. The quantitative estimate of drug-likeness (QED) is 0.735. The molecule has 2 heterocycles. The fourth-order valence-electron chi connectivity index (χ4n) is 1.09. The van der Waals surface area contributed by atoms with Gasteiger partial charge in [0.2, 0.25) is 0 Å². The number of halogens is 1. The molecule has 0 radical (unpaired) electrons. The van der Waals surface area contributed by atoms with Crippen LogP contribution < -0.4 is 5.73 Å². The van der Waals surface area contributed by atoms with Gasteiger partial charge in [-0.25, -0.2) is 4.98 Å². The molecule has 0 spiro atoms. The van der Waals surface area contributed by atoms with Crippen molar-refractivity contribution in [1.82, 2.24) is 4.98 Å². The lowest BCUT2D eigenvalue weighted by Crippen LogP contribution is -1.78. The molecule has 2 aromatic heterocycles. The smallest absolute Gasteiger partial charge is 0.129 e. The highest BCUT2D eigenvalue weighted by Gasteiger charge is 2.00. The summed E-state index contributed by atoms with van der Waals surface area (Å²) in [6, 6.07) is 5.66. The molecule has 0 amide bonds. The SMILES string of the molecule is Nc1cc(-c2ccnc(Cl)c2)cs1. The molecular weight excluding hydrogens is 204 g/mol. The molecule has 0 aliphatic rings. The van der Waals surface area contributed by atoms with Crippen molar-refractivity contribution in [2.24, 2.45) is 0 Å². The molecule has 0 aromatic carbocycles. The Kier molecular flexibility index (Phi) is 2.20. The van der Waals surface area contributed by atoms with Gasteiger partial charge in [0, 0.05) is 11.6 Å². The van der Waals surface area contributed by atoms with E-state index in [1.54, 1.807) is 6.20 Å². The Hall–Kier alpha value is -1.06. The molecular formula is C9H7ClN2S. The number of aromatic nitrogens is 1. The highest BCUT2D eigenvalue weighted by atomic mass is 35.5. The van der Waals surface area contributed by atoms with Gasteiger partial charge in [0.05, 0.1) is 5.00 Å². The molecule has 0 aliphatic carbocycles. The van der Waals surface area contributed by atoms with E-state index in [9.17, 15) is 0 Å². The second kappa shape index (κ2) is 3.36. The summed E-state index contributed by atoms with van der Waals surface area (Å²) in [6.45, 7) is 0. The Morgan fingerprint density at radius 2 is 2.15 bits per heavy atom. The van der Waals surface area contributed by atoms with Crippen LogP contribution in [0.1, 0.15) is 0 Å². The maximum atomic E-state index is 5.76. The maximum Gasteiger partial charge on any atom is 0.129 e. The Labute approximate surface area is 85.0 Å². The van der Waals surface area contributed by atoms with Crippen LogP contribution in [0.5, 0.6) is 0 Å². The van der Waals surface area contributed by atoms with E-state index in [4.69, 9.17) is 17.3 Å². The summed E-state index contributed by atoms with van der Waals surface area (Å²) in [5.41, 5.74) is 7.76. The van der Waals surface area contributed by atoms with Crippen molar-refractivity contribution in [3.63, 3.8) is 0 Å². The van der Waals surface area contributed by atoms with Gasteiger partial charge < -0.3 is 5.73 Å². The summed E-state index contributed by atoms with van der Waals surface area (Å²) in [6.07, 6.45) is 1.69. The van der Waals surface area contributed by atoms with Crippen LogP contribution in [-0.4, -0.2) is 4.98 Å². The van der Waals surface area contributed by atoms with Crippen LogP contribution in [0.25, 0.3) is 11.1 Å². The summed E-state index contributed by atoms with van der Waals surface area (Å²) in [4.78, 5) is 3.91. The molecule has 4 heteroatoms. The molecule has 0 aliphatic heterocycles. The molecule has 66 valence electrons. The van der Waals surface area contributed by atoms with Gasteiger partial charge in [-0.05, 0) is 29.3 Å². The van der Waals surface area contributed by atoms with E-state index in [1.807, 2.05) is 23.6 Å². The van der Waals surface area contributed by atoms with Crippen molar-refractivity contribution in [3.05, 3.63) is 34.9 Å². The van der Waals surface area contributed by atoms with Crippen LogP contribution in [0.15, 0.2) is 29.8 Å². The van der Waals surface area contributed by atoms with Gasteiger partial charge in [-0.2, -0.15) is 0 Å². The Bertz CT molecular complexity index is 425. The topological polar surface area (TPSA) is 38.9 Å². The first-order chi connectivity index (χ1) is 6.25. The first-order valence-corrected chi connectivity index (χ1v) is 4.97. The van der Waals surface area contributed by atoms with Crippen molar-refractivity contribution in [3.8, 4) is 11.1 Å². The molecule has 2 rings (SSSR count). The van der Waals surface area contributed by atoms with Crippen LogP contribution in [0, 0.1) is 0 Å². The molecule has 2 aromatic rings. The fourth-order valence-corrected chi connectivity index (χ4v) is 1.92. The lowest BCUT2D eigenvalue weighted by Gasteiger charge is -1.96. The number of pyridine rings is 1. The molecule has 0 fully saturated rings. The average Bonchev–Trinajstić information content (AvgIpc) is 2.52.